The van der Waals surface area contributed by atoms with E-state index in [1.54, 1.807) is 6.07 Å². The molecule has 0 aromatic heterocycles. The Morgan fingerprint density at radius 3 is 1.86 bits per heavy atom. The molecule has 0 heterocycles. The molecule has 0 unspecified atom stereocenters. The maximum atomic E-state index is 14.3. The van der Waals surface area contributed by atoms with Gasteiger partial charge in [0.05, 0.1) is 10.7 Å². The second-order valence-electron chi connectivity index (χ2n) is 5.38. The van der Waals surface area contributed by atoms with E-state index in [1.165, 1.54) is 24.3 Å². The molecule has 0 aliphatic carbocycles. The molecular formula is C16H7Cl2F8NO. The maximum absolute atomic E-state index is 14.3. The maximum Gasteiger partial charge on any atom is 0.436 e. The fourth-order valence-electron chi connectivity index (χ4n) is 2.20. The molecule has 0 saturated heterocycles. The minimum Gasteiger partial charge on any atom is -0.319 e. The van der Waals surface area contributed by atoms with Crippen molar-refractivity contribution in [1.82, 2.24) is 0 Å². The molecule has 2 aromatic rings. The molecule has 0 aliphatic rings. The number of carbonyl (C=O) groups is 1. The van der Waals surface area contributed by atoms with Gasteiger partial charge in [0.2, 0.25) is 0 Å². The molecule has 0 radical (unpaired) electrons. The van der Waals surface area contributed by atoms with Gasteiger partial charge in [-0.25, -0.2) is 8.78 Å². The Bertz CT molecular complexity index is 882. The zero-order valence-electron chi connectivity index (χ0n) is 13.2. The summed E-state index contributed by atoms with van der Waals surface area (Å²) in [7, 11) is 0. The van der Waals surface area contributed by atoms with Crippen LogP contribution >= 0.6 is 23.2 Å². The SMILES string of the molecule is O=C(Nc1c(Cl)cc(C(F)(C(F)(F)F)C(F)(F)F)c(F)c1Cl)c1ccccc1. The average Bonchev–Trinajstić information content (AvgIpc) is 2.59. The first-order chi connectivity index (χ1) is 12.7. The Labute approximate surface area is 162 Å². The van der Waals surface area contributed by atoms with Crippen molar-refractivity contribution in [3.8, 4) is 0 Å². The lowest BCUT2D eigenvalue weighted by atomic mass is 9.93. The van der Waals surface area contributed by atoms with Crippen molar-refractivity contribution in [1.29, 1.82) is 0 Å². The number of anilines is 1. The highest BCUT2D eigenvalue weighted by atomic mass is 35.5. The van der Waals surface area contributed by atoms with Gasteiger partial charge in [-0.2, -0.15) is 26.3 Å². The first kappa shape index (κ1) is 22.2. The molecule has 0 atom stereocenters. The number of carbonyl (C=O) groups excluding carboxylic acids is 1. The molecule has 1 amide bonds. The van der Waals surface area contributed by atoms with E-state index in [9.17, 15) is 39.9 Å². The fourth-order valence-corrected chi connectivity index (χ4v) is 2.75. The number of halogens is 10. The van der Waals surface area contributed by atoms with Crippen molar-refractivity contribution in [2.24, 2.45) is 0 Å². The van der Waals surface area contributed by atoms with Crippen LogP contribution in [0.15, 0.2) is 36.4 Å². The predicted octanol–water partition coefficient (Wildman–Crippen LogP) is 6.67. The summed E-state index contributed by atoms with van der Waals surface area (Å²) in [5.41, 5.74) is -9.35. The Hall–Kier alpha value is -2.07. The van der Waals surface area contributed by atoms with Gasteiger partial charge in [0.25, 0.3) is 5.91 Å². The van der Waals surface area contributed by atoms with E-state index in [1.807, 2.05) is 5.32 Å². The lowest BCUT2D eigenvalue weighted by Gasteiger charge is -2.31. The van der Waals surface area contributed by atoms with Gasteiger partial charge in [0, 0.05) is 11.1 Å². The van der Waals surface area contributed by atoms with E-state index in [0.29, 0.717) is 0 Å². The summed E-state index contributed by atoms with van der Waals surface area (Å²) >= 11 is 11.0. The summed E-state index contributed by atoms with van der Waals surface area (Å²) in [4.78, 5) is 12.0. The third-order valence-electron chi connectivity index (χ3n) is 3.59. The number of alkyl halides is 7. The van der Waals surface area contributed by atoms with Gasteiger partial charge in [0.1, 0.15) is 5.02 Å². The Morgan fingerprint density at radius 1 is 0.893 bits per heavy atom. The molecule has 0 spiro atoms. The Morgan fingerprint density at radius 2 is 1.39 bits per heavy atom. The molecule has 28 heavy (non-hydrogen) atoms. The highest BCUT2D eigenvalue weighted by Crippen LogP contribution is 2.55. The van der Waals surface area contributed by atoms with Gasteiger partial charge >= 0.3 is 18.0 Å². The smallest absolute Gasteiger partial charge is 0.319 e. The van der Waals surface area contributed by atoms with Crippen LogP contribution < -0.4 is 5.32 Å². The first-order valence-corrected chi connectivity index (χ1v) is 7.84. The van der Waals surface area contributed by atoms with Crippen molar-refractivity contribution in [3.63, 3.8) is 0 Å². The molecule has 2 rings (SSSR count). The molecule has 0 bridgehead atoms. The number of hydrogen-bond donors (Lipinski definition) is 1. The zero-order chi connectivity index (χ0) is 21.5. The monoisotopic (exact) mass is 451 g/mol. The summed E-state index contributed by atoms with van der Waals surface area (Å²) in [6, 6.07) is 6.85. The van der Waals surface area contributed by atoms with Crippen molar-refractivity contribution in [2.45, 2.75) is 18.0 Å². The number of hydrogen-bond acceptors (Lipinski definition) is 1. The van der Waals surface area contributed by atoms with Gasteiger partial charge in [-0.15, -0.1) is 0 Å². The van der Waals surface area contributed by atoms with E-state index in [0.717, 1.165) is 0 Å². The lowest BCUT2D eigenvalue weighted by Crippen LogP contribution is -2.51. The molecule has 1 N–H and O–H groups in total. The first-order valence-electron chi connectivity index (χ1n) is 7.08. The third kappa shape index (κ3) is 3.75. The second kappa shape index (κ2) is 7.40. The van der Waals surface area contributed by atoms with Crippen LogP contribution in [0.5, 0.6) is 0 Å². The van der Waals surface area contributed by atoms with E-state index in [-0.39, 0.29) is 11.6 Å². The normalized spacial score (nSPS) is 12.8. The molecule has 0 saturated carbocycles. The Balaban J connectivity index is 2.60. The molecule has 0 fully saturated rings. The summed E-state index contributed by atoms with van der Waals surface area (Å²) in [6.07, 6.45) is -13.1. The summed E-state index contributed by atoms with van der Waals surface area (Å²) in [5.74, 6) is -3.30. The van der Waals surface area contributed by atoms with Crippen molar-refractivity contribution < 1.29 is 39.9 Å². The standard InChI is InChI=1S/C16H7Cl2F8NO/c17-9-6-8(14(20,15(21,22)23)16(24,25)26)11(19)10(18)12(9)27-13(28)7-4-2-1-3-5-7/h1-6H,(H,27,28). The molecule has 152 valence electrons. The van der Waals surface area contributed by atoms with Crippen LogP contribution in [0.3, 0.4) is 0 Å². The van der Waals surface area contributed by atoms with Crippen LogP contribution in [0.25, 0.3) is 0 Å². The van der Waals surface area contributed by atoms with Gasteiger partial charge < -0.3 is 5.32 Å². The van der Waals surface area contributed by atoms with Gasteiger partial charge in [0.15, 0.2) is 5.82 Å². The number of amides is 1. The van der Waals surface area contributed by atoms with E-state index < -0.39 is 51.0 Å². The van der Waals surface area contributed by atoms with Gasteiger partial charge in [-0.05, 0) is 18.2 Å². The summed E-state index contributed by atoms with van der Waals surface area (Å²) in [6.45, 7) is 0. The fraction of sp³-hybridized carbons (Fsp3) is 0.188. The van der Waals surface area contributed by atoms with Crippen LogP contribution in [-0.2, 0) is 5.67 Å². The van der Waals surface area contributed by atoms with Crippen molar-refractivity contribution in [2.75, 3.05) is 5.32 Å². The molecule has 2 aromatic carbocycles. The molecule has 12 heteroatoms. The highest BCUT2D eigenvalue weighted by Gasteiger charge is 2.74. The minimum absolute atomic E-state index is 0.00420. The Kier molecular flexibility index (Phi) is 5.87. The van der Waals surface area contributed by atoms with Crippen LogP contribution in [0.1, 0.15) is 15.9 Å². The number of rotatable bonds is 3. The second-order valence-corrected chi connectivity index (χ2v) is 6.17. The third-order valence-corrected chi connectivity index (χ3v) is 4.24. The number of benzene rings is 2. The van der Waals surface area contributed by atoms with E-state index in [2.05, 4.69) is 0 Å². The quantitative estimate of drug-likeness (QED) is 0.409. The molecule has 2 nitrogen and oxygen atoms in total. The predicted molar refractivity (Wildman–Crippen MR) is 85.7 cm³/mol. The zero-order valence-corrected chi connectivity index (χ0v) is 14.7. The van der Waals surface area contributed by atoms with Crippen LogP contribution in [0.4, 0.5) is 40.8 Å². The average molecular weight is 452 g/mol. The van der Waals surface area contributed by atoms with Crippen LogP contribution in [0.2, 0.25) is 10.0 Å². The van der Waals surface area contributed by atoms with E-state index in [4.69, 9.17) is 23.2 Å². The van der Waals surface area contributed by atoms with E-state index >= 15 is 0 Å². The highest BCUT2D eigenvalue weighted by molar-refractivity contribution is 6.40. The molecule has 0 aliphatic heterocycles. The summed E-state index contributed by atoms with van der Waals surface area (Å²) < 4.78 is 105. The lowest BCUT2D eigenvalue weighted by molar-refractivity contribution is -0.349. The van der Waals surface area contributed by atoms with Crippen molar-refractivity contribution >= 4 is 34.8 Å². The summed E-state index contributed by atoms with van der Waals surface area (Å²) in [5, 5.41) is -0.477. The van der Waals surface area contributed by atoms with Gasteiger partial charge in [-0.1, -0.05) is 41.4 Å². The number of nitrogens with one attached hydrogen (secondary N) is 1. The van der Waals surface area contributed by atoms with Crippen molar-refractivity contribution in [3.05, 3.63) is 63.4 Å². The molecular weight excluding hydrogens is 445 g/mol. The minimum atomic E-state index is -6.56. The van der Waals surface area contributed by atoms with Gasteiger partial charge in [-0.3, -0.25) is 4.79 Å². The topological polar surface area (TPSA) is 29.1 Å². The van der Waals surface area contributed by atoms with Crippen LogP contribution in [-0.4, -0.2) is 18.3 Å². The largest absolute Gasteiger partial charge is 0.436 e. The van der Waals surface area contributed by atoms with Crippen LogP contribution in [0, 0.1) is 5.82 Å².